The van der Waals surface area contributed by atoms with Crippen molar-refractivity contribution >= 4 is 28.4 Å². The van der Waals surface area contributed by atoms with Crippen molar-refractivity contribution in [3.63, 3.8) is 0 Å². The number of halogens is 1. The number of hydrogen-bond acceptors (Lipinski definition) is 3. The number of amides is 2. The van der Waals surface area contributed by atoms with Crippen LogP contribution in [0, 0.1) is 5.82 Å². The Kier molecular flexibility index (Phi) is 5.68. The molecule has 5 nitrogen and oxygen atoms in total. The molecule has 144 valence electrons. The van der Waals surface area contributed by atoms with Gasteiger partial charge in [-0.15, -0.1) is 0 Å². The maximum Gasteiger partial charge on any atom is 0.254 e. The summed E-state index contributed by atoms with van der Waals surface area (Å²) < 4.78 is 13.3. The fourth-order valence-electron chi connectivity index (χ4n) is 2.93. The van der Waals surface area contributed by atoms with E-state index in [1.165, 1.54) is 23.1 Å². The SMILES string of the molecule is CC(C)c1cc(C(=O)N(C)CC(=O)Nc2cccc(F)c2)c2ccccc2n1. The maximum atomic E-state index is 13.3. The van der Waals surface area contributed by atoms with Crippen LogP contribution >= 0.6 is 0 Å². The number of fused-ring (bicyclic) bond motifs is 1. The van der Waals surface area contributed by atoms with Crippen molar-refractivity contribution in [2.24, 2.45) is 0 Å². The zero-order chi connectivity index (χ0) is 20.3. The third-order valence-electron chi connectivity index (χ3n) is 4.39. The molecule has 0 atom stereocenters. The Labute approximate surface area is 163 Å². The van der Waals surface area contributed by atoms with Crippen molar-refractivity contribution in [1.29, 1.82) is 0 Å². The summed E-state index contributed by atoms with van der Waals surface area (Å²) in [5.41, 5.74) is 2.42. The molecule has 0 radical (unpaired) electrons. The standard InChI is InChI=1S/C22H22FN3O2/c1-14(2)20-12-18(17-9-4-5-10-19(17)25-20)22(28)26(3)13-21(27)24-16-8-6-7-15(23)11-16/h4-12,14H,13H2,1-3H3,(H,24,27). The lowest BCUT2D eigenvalue weighted by Crippen LogP contribution is -2.35. The quantitative estimate of drug-likeness (QED) is 0.722. The van der Waals surface area contributed by atoms with Crippen molar-refractivity contribution in [2.75, 3.05) is 18.9 Å². The van der Waals surface area contributed by atoms with Crippen LogP contribution in [-0.2, 0) is 4.79 Å². The zero-order valence-corrected chi connectivity index (χ0v) is 16.1. The van der Waals surface area contributed by atoms with Crippen molar-refractivity contribution in [2.45, 2.75) is 19.8 Å². The number of carbonyl (C=O) groups excluding carboxylic acids is 2. The molecule has 0 unspecified atom stereocenters. The molecule has 0 saturated heterocycles. The summed E-state index contributed by atoms with van der Waals surface area (Å²) in [5, 5.41) is 3.35. The Hall–Kier alpha value is -3.28. The van der Waals surface area contributed by atoms with E-state index < -0.39 is 11.7 Å². The number of nitrogens with one attached hydrogen (secondary N) is 1. The zero-order valence-electron chi connectivity index (χ0n) is 16.1. The Morgan fingerprint density at radius 2 is 1.86 bits per heavy atom. The van der Waals surface area contributed by atoms with Gasteiger partial charge in [0.1, 0.15) is 5.82 Å². The minimum absolute atomic E-state index is 0.150. The second kappa shape index (κ2) is 8.17. The van der Waals surface area contributed by atoms with Crippen molar-refractivity contribution in [3.8, 4) is 0 Å². The van der Waals surface area contributed by atoms with Gasteiger partial charge in [-0.1, -0.05) is 38.1 Å². The van der Waals surface area contributed by atoms with Gasteiger partial charge in [-0.3, -0.25) is 14.6 Å². The maximum absolute atomic E-state index is 13.3. The molecule has 0 saturated carbocycles. The van der Waals surface area contributed by atoms with Crippen LogP contribution in [0.25, 0.3) is 10.9 Å². The number of benzene rings is 2. The van der Waals surface area contributed by atoms with E-state index in [4.69, 9.17) is 0 Å². The highest BCUT2D eigenvalue weighted by atomic mass is 19.1. The fourth-order valence-corrected chi connectivity index (χ4v) is 2.93. The molecule has 1 aromatic heterocycles. The number of nitrogens with zero attached hydrogens (tertiary/aromatic N) is 2. The van der Waals surface area contributed by atoms with Crippen molar-refractivity contribution < 1.29 is 14.0 Å². The number of carbonyl (C=O) groups is 2. The molecule has 0 bridgehead atoms. The molecule has 0 fully saturated rings. The highest BCUT2D eigenvalue weighted by Gasteiger charge is 2.19. The molecule has 3 rings (SSSR count). The van der Waals surface area contributed by atoms with Gasteiger partial charge in [0.05, 0.1) is 17.6 Å². The molecule has 1 heterocycles. The highest BCUT2D eigenvalue weighted by Crippen LogP contribution is 2.23. The second-order valence-corrected chi connectivity index (χ2v) is 6.99. The monoisotopic (exact) mass is 379 g/mol. The van der Waals surface area contributed by atoms with E-state index in [1.54, 1.807) is 19.2 Å². The lowest BCUT2D eigenvalue weighted by Gasteiger charge is -2.19. The van der Waals surface area contributed by atoms with Gasteiger partial charge in [0, 0.05) is 23.8 Å². The first-order valence-corrected chi connectivity index (χ1v) is 9.05. The van der Waals surface area contributed by atoms with Gasteiger partial charge in [-0.25, -0.2) is 4.39 Å². The van der Waals surface area contributed by atoms with Gasteiger partial charge < -0.3 is 10.2 Å². The molecule has 0 aliphatic carbocycles. The van der Waals surface area contributed by atoms with Crippen LogP contribution in [0.2, 0.25) is 0 Å². The number of hydrogen-bond donors (Lipinski definition) is 1. The molecule has 3 aromatic rings. The summed E-state index contributed by atoms with van der Waals surface area (Å²) in [6.07, 6.45) is 0. The number of rotatable bonds is 5. The van der Waals surface area contributed by atoms with Gasteiger partial charge >= 0.3 is 0 Å². The number of aromatic nitrogens is 1. The Bertz CT molecular complexity index is 1030. The van der Waals surface area contributed by atoms with E-state index in [1.807, 2.05) is 38.1 Å². The second-order valence-electron chi connectivity index (χ2n) is 6.99. The lowest BCUT2D eigenvalue weighted by atomic mass is 10.0. The smallest absolute Gasteiger partial charge is 0.254 e. The number of pyridine rings is 1. The number of para-hydroxylation sites is 1. The summed E-state index contributed by atoms with van der Waals surface area (Å²) in [7, 11) is 1.57. The van der Waals surface area contributed by atoms with Crippen LogP contribution in [0.1, 0.15) is 35.8 Å². The van der Waals surface area contributed by atoms with Crippen LogP contribution < -0.4 is 5.32 Å². The molecule has 0 aliphatic heterocycles. The molecule has 0 spiro atoms. The Morgan fingerprint density at radius 1 is 1.11 bits per heavy atom. The van der Waals surface area contributed by atoms with E-state index >= 15 is 0 Å². The van der Waals surface area contributed by atoms with E-state index in [2.05, 4.69) is 10.3 Å². The predicted octanol–water partition coefficient (Wildman–Crippen LogP) is 4.21. The minimum atomic E-state index is -0.438. The number of anilines is 1. The Balaban J connectivity index is 1.82. The first kappa shape index (κ1) is 19.5. The molecule has 0 aliphatic rings. The van der Waals surface area contributed by atoms with Crippen LogP contribution in [-0.4, -0.2) is 35.3 Å². The molecule has 1 N–H and O–H groups in total. The van der Waals surface area contributed by atoms with Crippen LogP contribution in [0.15, 0.2) is 54.6 Å². The predicted molar refractivity (Wildman–Crippen MR) is 108 cm³/mol. The molecule has 6 heteroatoms. The summed E-state index contributed by atoms with van der Waals surface area (Å²) in [6.45, 7) is 3.88. The van der Waals surface area contributed by atoms with Crippen molar-refractivity contribution in [3.05, 3.63) is 71.7 Å². The summed E-state index contributed by atoms with van der Waals surface area (Å²) in [5.74, 6) is -0.941. The van der Waals surface area contributed by atoms with Crippen molar-refractivity contribution in [1.82, 2.24) is 9.88 Å². The summed E-state index contributed by atoms with van der Waals surface area (Å²) in [6, 6.07) is 14.9. The molecular weight excluding hydrogens is 357 g/mol. The van der Waals surface area contributed by atoms with E-state index in [9.17, 15) is 14.0 Å². The summed E-state index contributed by atoms with van der Waals surface area (Å²) >= 11 is 0. The minimum Gasteiger partial charge on any atom is -0.332 e. The van der Waals surface area contributed by atoms with Gasteiger partial charge in [0.15, 0.2) is 0 Å². The third kappa shape index (κ3) is 4.34. The van der Waals surface area contributed by atoms with Gasteiger partial charge in [0.2, 0.25) is 5.91 Å². The molecule has 28 heavy (non-hydrogen) atoms. The fraction of sp³-hybridized carbons (Fsp3) is 0.227. The third-order valence-corrected chi connectivity index (χ3v) is 4.39. The van der Waals surface area contributed by atoms with Gasteiger partial charge in [0.25, 0.3) is 5.91 Å². The van der Waals surface area contributed by atoms with Gasteiger partial charge in [-0.05, 0) is 36.2 Å². The lowest BCUT2D eigenvalue weighted by molar-refractivity contribution is -0.116. The average Bonchev–Trinajstić information content (AvgIpc) is 2.66. The molecule has 2 amide bonds. The Morgan fingerprint density at radius 3 is 2.57 bits per heavy atom. The molecule has 2 aromatic carbocycles. The topological polar surface area (TPSA) is 62.3 Å². The number of likely N-dealkylation sites (N-methyl/N-ethyl adjacent to an activating group) is 1. The van der Waals surface area contributed by atoms with Gasteiger partial charge in [-0.2, -0.15) is 0 Å². The van der Waals surface area contributed by atoms with Crippen LogP contribution in [0.4, 0.5) is 10.1 Å². The van der Waals surface area contributed by atoms with E-state index in [0.717, 1.165) is 16.6 Å². The van der Waals surface area contributed by atoms with E-state index in [0.29, 0.717) is 11.3 Å². The largest absolute Gasteiger partial charge is 0.332 e. The first-order chi connectivity index (χ1) is 13.3. The first-order valence-electron chi connectivity index (χ1n) is 9.05. The van der Waals surface area contributed by atoms with Crippen LogP contribution in [0.3, 0.4) is 0 Å². The summed E-state index contributed by atoms with van der Waals surface area (Å²) in [4.78, 5) is 31.3. The van der Waals surface area contributed by atoms with E-state index in [-0.39, 0.29) is 18.4 Å². The van der Waals surface area contributed by atoms with Crippen LogP contribution in [0.5, 0.6) is 0 Å². The highest BCUT2D eigenvalue weighted by molar-refractivity contribution is 6.07. The average molecular weight is 379 g/mol. The normalized spacial score (nSPS) is 10.9. The molecular formula is C22H22FN3O2.